The van der Waals surface area contributed by atoms with E-state index in [0.717, 1.165) is 23.4 Å². The molecule has 0 amide bonds. The first kappa shape index (κ1) is 12.4. The largest absolute Gasteiger partial charge is 0.323 e. The lowest BCUT2D eigenvalue weighted by Gasteiger charge is -2.12. The number of fused-ring (bicyclic) bond motifs is 1. The minimum absolute atomic E-state index is 0.0470. The van der Waals surface area contributed by atoms with E-state index in [4.69, 9.17) is 5.73 Å². The van der Waals surface area contributed by atoms with E-state index in [-0.39, 0.29) is 6.04 Å². The van der Waals surface area contributed by atoms with Gasteiger partial charge in [0, 0.05) is 11.4 Å². The molecule has 3 heteroatoms. The van der Waals surface area contributed by atoms with Gasteiger partial charge >= 0.3 is 0 Å². The van der Waals surface area contributed by atoms with Gasteiger partial charge in [-0.1, -0.05) is 18.2 Å². The van der Waals surface area contributed by atoms with Crippen LogP contribution in [0.2, 0.25) is 0 Å². The molecule has 0 aliphatic carbocycles. The maximum Gasteiger partial charge on any atom is 0.0708 e. The van der Waals surface area contributed by atoms with Crippen molar-refractivity contribution in [2.24, 2.45) is 5.73 Å². The summed E-state index contributed by atoms with van der Waals surface area (Å²) in [5.74, 6) is 1.08. The molecule has 0 radical (unpaired) electrons. The summed E-state index contributed by atoms with van der Waals surface area (Å²) in [5, 5.41) is 1.22. The standard InChI is InChI=1S/C14H18N2S/c1-10-9-14(12(15)7-8-17-2)16-13-6-4-3-5-11(10)13/h3-6,9,12H,7-8,15H2,1-2H3/t12-/m0/s1. The Labute approximate surface area is 107 Å². The van der Waals surface area contributed by atoms with Gasteiger partial charge in [0.15, 0.2) is 0 Å². The number of thioether (sulfide) groups is 1. The number of nitrogens with zero attached hydrogens (tertiary/aromatic N) is 1. The zero-order valence-electron chi connectivity index (χ0n) is 10.3. The van der Waals surface area contributed by atoms with E-state index in [1.54, 1.807) is 0 Å². The Hall–Kier alpha value is -1.06. The molecule has 0 saturated carbocycles. The highest BCUT2D eigenvalue weighted by Crippen LogP contribution is 2.21. The van der Waals surface area contributed by atoms with Crippen LogP contribution in [-0.4, -0.2) is 17.0 Å². The number of hydrogen-bond donors (Lipinski definition) is 1. The highest BCUT2D eigenvalue weighted by Gasteiger charge is 2.09. The van der Waals surface area contributed by atoms with Gasteiger partial charge in [0.1, 0.15) is 0 Å². The highest BCUT2D eigenvalue weighted by atomic mass is 32.2. The molecule has 1 aromatic carbocycles. The Kier molecular flexibility index (Phi) is 4.02. The molecule has 2 rings (SSSR count). The average Bonchev–Trinajstić information content (AvgIpc) is 2.36. The molecule has 2 N–H and O–H groups in total. The van der Waals surface area contributed by atoms with Crippen LogP contribution in [0, 0.1) is 6.92 Å². The smallest absolute Gasteiger partial charge is 0.0708 e. The van der Waals surface area contributed by atoms with E-state index in [1.807, 2.05) is 30.0 Å². The fourth-order valence-corrected chi connectivity index (χ4v) is 2.45. The van der Waals surface area contributed by atoms with Crippen LogP contribution in [0.15, 0.2) is 30.3 Å². The van der Waals surface area contributed by atoms with E-state index < -0.39 is 0 Å². The minimum Gasteiger partial charge on any atom is -0.323 e. The number of rotatable bonds is 4. The Morgan fingerprint density at radius 2 is 2.12 bits per heavy atom. The monoisotopic (exact) mass is 246 g/mol. The van der Waals surface area contributed by atoms with Crippen LogP contribution in [0.1, 0.15) is 23.7 Å². The van der Waals surface area contributed by atoms with Crippen molar-refractivity contribution in [1.82, 2.24) is 4.98 Å². The van der Waals surface area contributed by atoms with Gasteiger partial charge in [0.2, 0.25) is 0 Å². The fourth-order valence-electron chi connectivity index (χ4n) is 1.96. The molecule has 17 heavy (non-hydrogen) atoms. The molecule has 2 nitrogen and oxygen atoms in total. The van der Waals surface area contributed by atoms with Gasteiger partial charge in [0.05, 0.1) is 11.2 Å². The molecule has 0 saturated heterocycles. The number of benzene rings is 1. The maximum atomic E-state index is 6.17. The predicted molar refractivity (Wildman–Crippen MR) is 76.4 cm³/mol. The molecule has 1 atom stereocenters. The second-order valence-electron chi connectivity index (χ2n) is 4.27. The lowest BCUT2D eigenvalue weighted by atomic mass is 10.1. The number of aromatic nitrogens is 1. The van der Waals surface area contributed by atoms with Crippen LogP contribution in [0.5, 0.6) is 0 Å². The summed E-state index contributed by atoms with van der Waals surface area (Å²) in [6, 6.07) is 10.4. The van der Waals surface area contributed by atoms with Gasteiger partial charge in [-0.15, -0.1) is 0 Å². The number of hydrogen-bond acceptors (Lipinski definition) is 3. The first-order chi connectivity index (χ1) is 8.22. The third-order valence-electron chi connectivity index (χ3n) is 2.96. The lowest BCUT2D eigenvalue weighted by molar-refractivity contribution is 0.684. The number of pyridine rings is 1. The molecule has 0 aliphatic heterocycles. The van der Waals surface area contributed by atoms with Gasteiger partial charge in [-0.25, -0.2) is 0 Å². The first-order valence-electron chi connectivity index (χ1n) is 5.83. The van der Waals surface area contributed by atoms with Crippen molar-refractivity contribution in [1.29, 1.82) is 0 Å². The molecule has 2 aromatic rings. The van der Waals surface area contributed by atoms with Crippen LogP contribution in [0.3, 0.4) is 0 Å². The Balaban J connectivity index is 2.36. The molecule has 0 bridgehead atoms. The number of nitrogens with two attached hydrogens (primary N) is 1. The Morgan fingerprint density at radius 3 is 2.88 bits per heavy atom. The van der Waals surface area contributed by atoms with Gasteiger partial charge in [0.25, 0.3) is 0 Å². The SMILES string of the molecule is CSCC[C@H](N)c1cc(C)c2ccccc2n1. The molecule has 0 aliphatic rings. The fraction of sp³-hybridized carbons (Fsp3) is 0.357. The molecule has 0 unspecified atom stereocenters. The summed E-state index contributed by atoms with van der Waals surface area (Å²) in [6.45, 7) is 2.12. The predicted octanol–water partition coefficient (Wildman–Crippen LogP) is 3.30. The van der Waals surface area contributed by atoms with Crippen molar-refractivity contribution in [3.8, 4) is 0 Å². The van der Waals surface area contributed by atoms with Gasteiger partial charge in [-0.05, 0) is 43.0 Å². The van der Waals surface area contributed by atoms with Crippen molar-refractivity contribution >= 4 is 22.7 Å². The molecular formula is C14H18N2S. The van der Waals surface area contributed by atoms with Crippen LogP contribution in [-0.2, 0) is 0 Å². The van der Waals surface area contributed by atoms with E-state index in [1.165, 1.54) is 10.9 Å². The average molecular weight is 246 g/mol. The van der Waals surface area contributed by atoms with E-state index in [9.17, 15) is 0 Å². The normalized spacial score (nSPS) is 12.9. The van der Waals surface area contributed by atoms with Crippen LogP contribution in [0.4, 0.5) is 0 Å². The van der Waals surface area contributed by atoms with Crippen molar-refractivity contribution in [2.75, 3.05) is 12.0 Å². The van der Waals surface area contributed by atoms with Crippen molar-refractivity contribution in [3.05, 3.63) is 41.6 Å². The summed E-state index contributed by atoms with van der Waals surface area (Å²) in [4.78, 5) is 4.65. The first-order valence-corrected chi connectivity index (χ1v) is 7.22. The quantitative estimate of drug-likeness (QED) is 0.899. The van der Waals surface area contributed by atoms with E-state index in [2.05, 4.69) is 30.3 Å². The zero-order chi connectivity index (χ0) is 12.3. The second kappa shape index (κ2) is 5.52. The molecule has 1 heterocycles. The Bertz CT molecular complexity index is 511. The summed E-state index contributed by atoms with van der Waals surface area (Å²) < 4.78 is 0. The van der Waals surface area contributed by atoms with E-state index >= 15 is 0 Å². The Morgan fingerprint density at radius 1 is 1.35 bits per heavy atom. The van der Waals surface area contributed by atoms with Crippen LogP contribution < -0.4 is 5.73 Å². The van der Waals surface area contributed by atoms with Gasteiger partial charge in [-0.2, -0.15) is 11.8 Å². The lowest BCUT2D eigenvalue weighted by Crippen LogP contribution is -2.13. The molecule has 1 aromatic heterocycles. The van der Waals surface area contributed by atoms with Crippen molar-refractivity contribution < 1.29 is 0 Å². The minimum atomic E-state index is 0.0470. The van der Waals surface area contributed by atoms with Crippen molar-refractivity contribution in [2.45, 2.75) is 19.4 Å². The third kappa shape index (κ3) is 2.79. The molecule has 90 valence electrons. The molecule has 0 spiro atoms. The second-order valence-corrected chi connectivity index (χ2v) is 5.25. The molecule has 0 fully saturated rings. The van der Waals surface area contributed by atoms with Crippen LogP contribution >= 0.6 is 11.8 Å². The van der Waals surface area contributed by atoms with E-state index in [0.29, 0.717) is 0 Å². The number of para-hydroxylation sites is 1. The van der Waals surface area contributed by atoms with Gasteiger partial charge in [-0.3, -0.25) is 4.98 Å². The molecular weight excluding hydrogens is 228 g/mol. The summed E-state index contributed by atoms with van der Waals surface area (Å²) in [7, 11) is 0. The van der Waals surface area contributed by atoms with Gasteiger partial charge < -0.3 is 5.73 Å². The highest BCUT2D eigenvalue weighted by molar-refractivity contribution is 7.98. The number of aryl methyl sites for hydroxylation is 1. The summed E-state index contributed by atoms with van der Waals surface area (Å²) in [5.41, 5.74) is 9.47. The third-order valence-corrected chi connectivity index (χ3v) is 3.60. The zero-order valence-corrected chi connectivity index (χ0v) is 11.1. The topological polar surface area (TPSA) is 38.9 Å². The van der Waals surface area contributed by atoms with Crippen molar-refractivity contribution in [3.63, 3.8) is 0 Å². The summed E-state index contributed by atoms with van der Waals surface area (Å²) in [6.07, 6.45) is 3.08. The van der Waals surface area contributed by atoms with Crippen LogP contribution in [0.25, 0.3) is 10.9 Å². The summed E-state index contributed by atoms with van der Waals surface area (Å²) >= 11 is 1.82. The maximum absolute atomic E-state index is 6.17.